The van der Waals surface area contributed by atoms with Crippen molar-refractivity contribution in [2.75, 3.05) is 31.6 Å². The molecular weight excluding hydrogens is 414 g/mol. The maximum absolute atomic E-state index is 13.0. The molecule has 10 heteroatoms. The first-order valence-electron chi connectivity index (χ1n) is 9.09. The SMILES string of the molecule is O=C(Nc1c(C(=O)N2CCOCC2)oc2ccccc12)c1ccc(Cl)c([N+](=O)[O-])c1. The van der Waals surface area contributed by atoms with Crippen molar-refractivity contribution in [3.63, 3.8) is 0 Å². The third kappa shape index (κ3) is 3.72. The Morgan fingerprint density at radius 2 is 1.87 bits per heavy atom. The summed E-state index contributed by atoms with van der Waals surface area (Å²) in [6.45, 7) is 1.66. The maximum Gasteiger partial charge on any atom is 0.291 e. The standard InChI is InChI=1S/C20H16ClN3O6/c21-14-6-5-12(11-15(14)24(27)28)19(25)22-17-13-3-1-2-4-16(13)30-18(17)20(26)23-7-9-29-10-8-23/h1-6,11H,7-10H2,(H,22,25). The smallest absolute Gasteiger partial charge is 0.291 e. The van der Waals surface area contributed by atoms with Gasteiger partial charge in [0.2, 0.25) is 5.76 Å². The van der Waals surface area contributed by atoms with Crippen LogP contribution in [0, 0.1) is 10.1 Å². The van der Waals surface area contributed by atoms with Crippen LogP contribution in [0.2, 0.25) is 5.02 Å². The third-order valence-electron chi connectivity index (χ3n) is 4.73. The van der Waals surface area contributed by atoms with Crippen molar-refractivity contribution in [1.29, 1.82) is 0 Å². The summed E-state index contributed by atoms with van der Waals surface area (Å²) in [5, 5.41) is 14.3. The quantitative estimate of drug-likeness (QED) is 0.499. The van der Waals surface area contributed by atoms with Gasteiger partial charge in [-0.05, 0) is 24.3 Å². The molecule has 1 fully saturated rings. The summed E-state index contributed by atoms with van der Waals surface area (Å²) >= 11 is 5.82. The van der Waals surface area contributed by atoms with Crippen LogP contribution in [-0.2, 0) is 4.74 Å². The zero-order valence-corrected chi connectivity index (χ0v) is 16.3. The average Bonchev–Trinajstić information content (AvgIpc) is 3.12. The van der Waals surface area contributed by atoms with Gasteiger partial charge in [-0.15, -0.1) is 0 Å². The summed E-state index contributed by atoms with van der Waals surface area (Å²) in [7, 11) is 0. The molecule has 0 atom stereocenters. The number of nitrogens with one attached hydrogen (secondary N) is 1. The minimum atomic E-state index is -0.667. The van der Waals surface area contributed by atoms with Gasteiger partial charge in [0.1, 0.15) is 16.3 Å². The molecule has 0 aliphatic carbocycles. The second-order valence-electron chi connectivity index (χ2n) is 6.58. The maximum atomic E-state index is 13.0. The fourth-order valence-electron chi connectivity index (χ4n) is 3.21. The Morgan fingerprint density at radius 1 is 1.13 bits per heavy atom. The molecule has 1 saturated heterocycles. The zero-order chi connectivity index (χ0) is 21.3. The van der Waals surface area contributed by atoms with E-state index in [1.54, 1.807) is 29.2 Å². The van der Waals surface area contributed by atoms with E-state index in [0.29, 0.717) is 37.3 Å². The first kappa shape index (κ1) is 19.9. The predicted octanol–water partition coefficient (Wildman–Crippen LogP) is 3.72. The molecule has 1 aromatic heterocycles. The monoisotopic (exact) mass is 429 g/mol. The number of morpholine rings is 1. The number of hydrogen-bond acceptors (Lipinski definition) is 6. The first-order chi connectivity index (χ1) is 14.5. The Morgan fingerprint density at radius 3 is 2.60 bits per heavy atom. The molecule has 30 heavy (non-hydrogen) atoms. The van der Waals surface area contributed by atoms with Crippen molar-refractivity contribution in [2.24, 2.45) is 0 Å². The highest BCUT2D eigenvalue weighted by Gasteiger charge is 2.28. The molecule has 9 nitrogen and oxygen atoms in total. The highest BCUT2D eigenvalue weighted by molar-refractivity contribution is 6.32. The lowest BCUT2D eigenvalue weighted by atomic mass is 10.1. The Hall–Kier alpha value is -3.43. The van der Waals surface area contributed by atoms with E-state index in [9.17, 15) is 19.7 Å². The highest BCUT2D eigenvalue weighted by Crippen LogP contribution is 2.33. The first-order valence-corrected chi connectivity index (χ1v) is 9.47. The van der Waals surface area contributed by atoms with E-state index in [-0.39, 0.29) is 33.6 Å². The van der Waals surface area contributed by atoms with Gasteiger partial charge in [-0.25, -0.2) is 0 Å². The van der Waals surface area contributed by atoms with Gasteiger partial charge in [0.25, 0.3) is 17.5 Å². The molecule has 0 unspecified atom stereocenters. The number of nitro groups is 1. The number of fused-ring (bicyclic) bond motifs is 1. The number of carbonyl (C=O) groups is 2. The van der Waals surface area contributed by atoms with Crippen molar-refractivity contribution in [2.45, 2.75) is 0 Å². The van der Waals surface area contributed by atoms with E-state index in [1.807, 2.05) is 0 Å². The predicted molar refractivity (Wildman–Crippen MR) is 109 cm³/mol. The zero-order valence-electron chi connectivity index (χ0n) is 15.6. The number of para-hydroxylation sites is 1. The largest absolute Gasteiger partial charge is 0.449 e. The number of ether oxygens (including phenoxy) is 1. The Kier molecular flexibility index (Phi) is 5.39. The van der Waals surface area contributed by atoms with E-state index in [4.69, 9.17) is 20.8 Å². The number of furan rings is 1. The summed E-state index contributed by atoms with van der Waals surface area (Å²) in [6, 6.07) is 10.7. The van der Waals surface area contributed by atoms with Gasteiger partial charge in [-0.1, -0.05) is 23.7 Å². The van der Waals surface area contributed by atoms with E-state index in [1.165, 1.54) is 12.1 Å². The molecule has 1 N–H and O–H groups in total. The second-order valence-corrected chi connectivity index (χ2v) is 6.99. The molecule has 4 rings (SSSR count). The number of rotatable bonds is 4. The number of benzene rings is 2. The average molecular weight is 430 g/mol. The van der Waals surface area contributed by atoms with E-state index < -0.39 is 10.8 Å². The molecule has 0 saturated carbocycles. The van der Waals surface area contributed by atoms with E-state index >= 15 is 0 Å². The lowest BCUT2D eigenvalue weighted by Crippen LogP contribution is -2.40. The Bertz CT molecular complexity index is 1150. The van der Waals surface area contributed by atoms with Crippen LogP contribution in [0.25, 0.3) is 11.0 Å². The highest BCUT2D eigenvalue weighted by atomic mass is 35.5. The van der Waals surface area contributed by atoms with E-state index in [0.717, 1.165) is 6.07 Å². The molecular formula is C20H16ClN3O6. The summed E-state index contributed by atoms with van der Waals surface area (Å²) in [4.78, 5) is 37.9. The van der Waals surface area contributed by atoms with Crippen LogP contribution in [0.4, 0.5) is 11.4 Å². The molecule has 0 bridgehead atoms. The van der Waals surface area contributed by atoms with Crippen LogP contribution >= 0.6 is 11.6 Å². The molecule has 2 aromatic carbocycles. The van der Waals surface area contributed by atoms with Crippen LogP contribution in [0.1, 0.15) is 20.9 Å². The number of nitro benzene ring substituents is 1. The van der Waals surface area contributed by atoms with Crippen molar-refractivity contribution in [3.8, 4) is 0 Å². The Balaban J connectivity index is 1.71. The van der Waals surface area contributed by atoms with Gasteiger partial charge in [-0.2, -0.15) is 0 Å². The molecule has 0 radical (unpaired) electrons. The van der Waals surface area contributed by atoms with Crippen LogP contribution in [-0.4, -0.2) is 47.9 Å². The number of hydrogen-bond donors (Lipinski definition) is 1. The molecule has 3 aromatic rings. The molecule has 1 aliphatic heterocycles. The van der Waals surface area contributed by atoms with Crippen molar-refractivity contribution < 1.29 is 23.7 Å². The van der Waals surface area contributed by atoms with Gasteiger partial charge < -0.3 is 19.4 Å². The summed E-state index contributed by atoms with van der Waals surface area (Å²) < 4.78 is 11.0. The lowest BCUT2D eigenvalue weighted by Gasteiger charge is -2.26. The normalized spacial score (nSPS) is 14.0. The molecule has 1 aliphatic rings. The number of halogens is 1. The third-order valence-corrected chi connectivity index (χ3v) is 5.05. The lowest BCUT2D eigenvalue weighted by molar-refractivity contribution is -0.384. The van der Waals surface area contributed by atoms with Gasteiger partial charge in [-0.3, -0.25) is 19.7 Å². The number of amides is 2. The summed E-state index contributed by atoms with van der Waals surface area (Å²) in [5.74, 6) is -1.00. The van der Waals surface area contributed by atoms with Crippen LogP contribution in [0.5, 0.6) is 0 Å². The van der Waals surface area contributed by atoms with Gasteiger partial charge in [0.15, 0.2) is 0 Å². The van der Waals surface area contributed by atoms with Crippen LogP contribution < -0.4 is 5.32 Å². The van der Waals surface area contributed by atoms with Gasteiger partial charge in [0, 0.05) is 30.1 Å². The fraction of sp³-hybridized carbons (Fsp3) is 0.200. The minimum Gasteiger partial charge on any atom is -0.449 e. The summed E-state index contributed by atoms with van der Waals surface area (Å²) in [5.41, 5.74) is 0.295. The van der Waals surface area contributed by atoms with Crippen LogP contribution in [0.3, 0.4) is 0 Å². The van der Waals surface area contributed by atoms with E-state index in [2.05, 4.69) is 5.32 Å². The van der Waals surface area contributed by atoms with Crippen molar-refractivity contribution in [3.05, 3.63) is 68.9 Å². The topological polar surface area (TPSA) is 115 Å². The molecule has 154 valence electrons. The molecule has 2 amide bonds. The number of anilines is 1. The fourth-order valence-corrected chi connectivity index (χ4v) is 3.40. The summed E-state index contributed by atoms with van der Waals surface area (Å²) in [6.07, 6.45) is 0. The van der Waals surface area contributed by atoms with Crippen LogP contribution in [0.15, 0.2) is 46.9 Å². The van der Waals surface area contributed by atoms with Gasteiger partial charge >= 0.3 is 0 Å². The second kappa shape index (κ2) is 8.13. The van der Waals surface area contributed by atoms with Crippen molar-refractivity contribution >= 4 is 45.8 Å². The van der Waals surface area contributed by atoms with Gasteiger partial charge in [0.05, 0.1) is 18.1 Å². The van der Waals surface area contributed by atoms with Crippen molar-refractivity contribution in [1.82, 2.24) is 4.90 Å². The molecule has 2 heterocycles. The molecule has 0 spiro atoms. The minimum absolute atomic E-state index is 0.00471. The number of nitrogens with zero attached hydrogens (tertiary/aromatic N) is 2. The Labute approximate surface area is 175 Å². The number of carbonyl (C=O) groups excluding carboxylic acids is 2.